The van der Waals surface area contributed by atoms with E-state index in [9.17, 15) is 13.6 Å². The topological polar surface area (TPSA) is 30.2 Å². The monoisotopic (exact) mass is 242 g/mol. The molecule has 1 heterocycles. The van der Waals surface area contributed by atoms with E-state index in [0.717, 1.165) is 6.07 Å². The molecule has 0 aliphatic carbocycles. The molecule has 0 spiro atoms. The molecule has 0 saturated carbocycles. The molecule has 1 aromatic heterocycles. The van der Waals surface area contributed by atoms with Crippen molar-refractivity contribution in [3.05, 3.63) is 46.7 Å². The van der Waals surface area contributed by atoms with E-state index in [2.05, 4.69) is 0 Å². The van der Waals surface area contributed by atoms with Gasteiger partial charge in [-0.15, -0.1) is 0 Å². The van der Waals surface area contributed by atoms with Crippen LogP contribution in [0.25, 0.3) is 11.3 Å². The summed E-state index contributed by atoms with van der Waals surface area (Å²) < 4.78 is 31.3. The van der Waals surface area contributed by atoms with Crippen LogP contribution in [0.15, 0.2) is 28.7 Å². The fourth-order valence-electron chi connectivity index (χ4n) is 1.27. The van der Waals surface area contributed by atoms with Gasteiger partial charge in [0.25, 0.3) is 0 Å². The lowest BCUT2D eigenvalue weighted by molar-refractivity contribution is 0.110. The number of benzene rings is 1. The van der Waals surface area contributed by atoms with Crippen LogP contribution in [0.1, 0.15) is 10.6 Å². The van der Waals surface area contributed by atoms with Gasteiger partial charge in [0.2, 0.25) is 0 Å². The molecule has 16 heavy (non-hydrogen) atoms. The molecular weight excluding hydrogens is 238 g/mol. The summed E-state index contributed by atoms with van der Waals surface area (Å²) >= 11 is 5.52. The Hall–Kier alpha value is -1.68. The molecule has 0 amide bonds. The minimum atomic E-state index is -0.843. The quantitative estimate of drug-likeness (QED) is 0.594. The van der Waals surface area contributed by atoms with Gasteiger partial charge in [-0.3, -0.25) is 4.79 Å². The maximum Gasteiger partial charge on any atom is 0.185 e. The Balaban J connectivity index is 2.55. The fourth-order valence-corrected chi connectivity index (χ4v) is 1.44. The minimum absolute atomic E-state index is 0.0134. The normalized spacial score (nSPS) is 10.4. The number of furan rings is 1. The molecule has 0 N–H and O–H groups in total. The van der Waals surface area contributed by atoms with Crippen molar-refractivity contribution >= 4 is 17.9 Å². The van der Waals surface area contributed by atoms with Crippen LogP contribution in [-0.4, -0.2) is 6.29 Å². The molecule has 1 aromatic carbocycles. The van der Waals surface area contributed by atoms with Gasteiger partial charge in [0, 0.05) is 6.07 Å². The Morgan fingerprint density at radius 3 is 2.56 bits per heavy atom. The molecule has 2 rings (SSSR count). The van der Waals surface area contributed by atoms with Crippen LogP contribution in [-0.2, 0) is 0 Å². The van der Waals surface area contributed by atoms with E-state index in [4.69, 9.17) is 16.0 Å². The lowest BCUT2D eigenvalue weighted by Gasteiger charge is -2.01. The molecule has 2 nitrogen and oxygen atoms in total. The standard InChI is InChI=1S/C11H5ClF2O2/c12-8-3-7(9(13)4-10(8)14)11-2-1-6(5-15)16-11/h1-5H. The first kappa shape index (κ1) is 10.8. The zero-order chi connectivity index (χ0) is 11.7. The molecule has 2 aromatic rings. The lowest BCUT2D eigenvalue weighted by atomic mass is 10.1. The summed E-state index contributed by atoms with van der Waals surface area (Å²) in [7, 11) is 0. The predicted molar refractivity (Wildman–Crippen MR) is 54.5 cm³/mol. The maximum atomic E-state index is 13.4. The second-order valence-corrected chi connectivity index (χ2v) is 3.47. The van der Waals surface area contributed by atoms with Crippen LogP contribution < -0.4 is 0 Å². The van der Waals surface area contributed by atoms with Crippen molar-refractivity contribution in [3.8, 4) is 11.3 Å². The molecule has 0 radical (unpaired) electrons. The SMILES string of the molecule is O=Cc1ccc(-c2cc(Cl)c(F)cc2F)o1. The summed E-state index contributed by atoms with van der Waals surface area (Å²) in [5.41, 5.74) is 0.0134. The summed E-state index contributed by atoms with van der Waals surface area (Å²) in [6, 6.07) is 4.58. The van der Waals surface area contributed by atoms with Crippen molar-refractivity contribution in [2.24, 2.45) is 0 Å². The molecule has 82 valence electrons. The summed E-state index contributed by atoms with van der Waals surface area (Å²) in [5, 5.41) is -0.208. The Bertz CT molecular complexity index is 549. The summed E-state index contributed by atoms with van der Waals surface area (Å²) in [6.45, 7) is 0. The molecular formula is C11H5ClF2O2. The van der Waals surface area contributed by atoms with Crippen molar-refractivity contribution < 1.29 is 18.0 Å². The molecule has 0 bridgehead atoms. The maximum absolute atomic E-state index is 13.4. The highest BCUT2D eigenvalue weighted by Gasteiger charge is 2.13. The van der Waals surface area contributed by atoms with Crippen LogP contribution >= 0.6 is 11.6 Å². The summed E-state index contributed by atoms with van der Waals surface area (Å²) in [6.07, 6.45) is 0.493. The number of halogens is 3. The Morgan fingerprint density at radius 2 is 1.94 bits per heavy atom. The first-order valence-corrected chi connectivity index (χ1v) is 4.69. The Kier molecular flexibility index (Phi) is 2.75. The number of carbonyl (C=O) groups is 1. The zero-order valence-electron chi connectivity index (χ0n) is 7.84. The number of hydrogen-bond donors (Lipinski definition) is 0. The van der Waals surface area contributed by atoms with Gasteiger partial charge in [-0.1, -0.05) is 11.6 Å². The van der Waals surface area contributed by atoms with Crippen molar-refractivity contribution in [2.45, 2.75) is 0 Å². The van der Waals surface area contributed by atoms with Gasteiger partial charge in [-0.2, -0.15) is 0 Å². The third kappa shape index (κ3) is 1.84. The molecule has 0 saturated heterocycles. The van der Waals surface area contributed by atoms with Crippen molar-refractivity contribution in [3.63, 3.8) is 0 Å². The van der Waals surface area contributed by atoms with E-state index in [0.29, 0.717) is 12.4 Å². The second kappa shape index (κ2) is 4.06. The van der Waals surface area contributed by atoms with Gasteiger partial charge in [0.15, 0.2) is 12.0 Å². The smallest absolute Gasteiger partial charge is 0.185 e. The third-order valence-corrected chi connectivity index (χ3v) is 2.31. The average molecular weight is 243 g/mol. The second-order valence-electron chi connectivity index (χ2n) is 3.07. The van der Waals surface area contributed by atoms with Crippen LogP contribution in [0.5, 0.6) is 0 Å². The highest BCUT2D eigenvalue weighted by atomic mass is 35.5. The average Bonchev–Trinajstić information content (AvgIpc) is 2.71. The number of hydrogen-bond acceptors (Lipinski definition) is 2. The first-order chi connectivity index (χ1) is 7.61. The fraction of sp³-hybridized carbons (Fsp3) is 0. The first-order valence-electron chi connectivity index (χ1n) is 4.31. The molecule has 0 unspecified atom stereocenters. The van der Waals surface area contributed by atoms with E-state index in [-0.39, 0.29) is 22.1 Å². The predicted octanol–water partition coefficient (Wildman–Crippen LogP) is 3.69. The van der Waals surface area contributed by atoms with Crippen LogP contribution in [0, 0.1) is 11.6 Å². The van der Waals surface area contributed by atoms with E-state index in [1.54, 1.807) is 0 Å². The minimum Gasteiger partial charge on any atom is -0.453 e. The van der Waals surface area contributed by atoms with Crippen molar-refractivity contribution in [1.82, 2.24) is 0 Å². The highest BCUT2D eigenvalue weighted by molar-refractivity contribution is 6.31. The molecule has 0 atom stereocenters. The largest absolute Gasteiger partial charge is 0.453 e. The van der Waals surface area contributed by atoms with Crippen LogP contribution in [0.2, 0.25) is 5.02 Å². The lowest BCUT2D eigenvalue weighted by Crippen LogP contribution is -1.86. The molecule has 5 heteroatoms. The third-order valence-electron chi connectivity index (χ3n) is 2.02. The van der Waals surface area contributed by atoms with E-state index >= 15 is 0 Å². The van der Waals surface area contributed by atoms with Gasteiger partial charge in [0.05, 0.1) is 10.6 Å². The number of aldehydes is 1. The molecule has 0 fully saturated rings. The number of rotatable bonds is 2. The zero-order valence-corrected chi connectivity index (χ0v) is 8.59. The van der Waals surface area contributed by atoms with Gasteiger partial charge in [-0.25, -0.2) is 8.78 Å². The van der Waals surface area contributed by atoms with Crippen molar-refractivity contribution in [1.29, 1.82) is 0 Å². The molecule has 0 aliphatic rings. The van der Waals surface area contributed by atoms with E-state index in [1.807, 2.05) is 0 Å². The Morgan fingerprint density at radius 1 is 1.19 bits per heavy atom. The Labute approximate surface area is 94.4 Å². The van der Waals surface area contributed by atoms with Gasteiger partial charge < -0.3 is 4.42 Å². The van der Waals surface area contributed by atoms with E-state index < -0.39 is 11.6 Å². The van der Waals surface area contributed by atoms with Crippen LogP contribution in [0.3, 0.4) is 0 Å². The van der Waals surface area contributed by atoms with Gasteiger partial charge >= 0.3 is 0 Å². The molecule has 0 aliphatic heterocycles. The van der Waals surface area contributed by atoms with E-state index in [1.165, 1.54) is 12.1 Å². The van der Waals surface area contributed by atoms with Gasteiger partial charge in [-0.05, 0) is 18.2 Å². The van der Waals surface area contributed by atoms with Gasteiger partial charge in [0.1, 0.15) is 17.4 Å². The van der Waals surface area contributed by atoms with Crippen LogP contribution in [0.4, 0.5) is 8.78 Å². The van der Waals surface area contributed by atoms with Crippen molar-refractivity contribution in [2.75, 3.05) is 0 Å². The highest BCUT2D eigenvalue weighted by Crippen LogP contribution is 2.29. The summed E-state index contributed by atoms with van der Waals surface area (Å²) in [5.74, 6) is -1.45. The summed E-state index contributed by atoms with van der Waals surface area (Å²) in [4.78, 5) is 10.4. The number of carbonyl (C=O) groups excluding carboxylic acids is 1.